The van der Waals surface area contributed by atoms with Crippen LogP contribution in [0.2, 0.25) is 0 Å². The molecule has 6 rings (SSSR count). The summed E-state index contributed by atoms with van der Waals surface area (Å²) < 4.78 is 18.3. The van der Waals surface area contributed by atoms with Crippen molar-refractivity contribution in [3.8, 4) is 0 Å². The average Bonchev–Trinajstić information content (AvgIpc) is 3.39. The lowest BCUT2D eigenvalue weighted by molar-refractivity contribution is 0.0903. The van der Waals surface area contributed by atoms with Gasteiger partial charge in [-0.05, 0) is 81.1 Å². The van der Waals surface area contributed by atoms with Crippen molar-refractivity contribution in [2.24, 2.45) is 11.8 Å². The van der Waals surface area contributed by atoms with Crippen LogP contribution in [-0.4, -0.2) is 57.3 Å². The van der Waals surface area contributed by atoms with Crippen molar-refractivity contribution in [1.29, 1.82) is 0 Å². The summed E-state index contributed by atoms with van der Waals surface area (Å²) >= 11 is 0. The van der Waals surface area contributed by atoms with Gasteiger partial charge in [0.15, 0.2) is 0 Å². The molecule has 2 atom stereocenters. The zero-order valence-electron chi connectivity index (χ0n) is 24.3. The second-order valence-corrected chi connectivity index (χ2v) is 13.7. The minimum atomic E-state index is -1.02. The van der Waals surface area contributed by atoms with E-state index in [-0.39, 0.29) is 5.54 Å². The summed E-state index contributed by atoms with van der Waals surface area (Å²) in [6.45, 7) is 12.1. The molecule has 1 aliphatic carbocycles. The number of hydrogen-bond acceptors (Lipinski definition) is 8. The summed E-state index contributed by atoms with van der Waals surface area (Å²) in [6, 6.07) is 4.40. The van der Waals surface area contributed by atoms with Gasteiger partial charge in [-0.1, -0.05) is 24.8 Å². The number of fused-ring (bicyclic) bond motifs is 1. The van der Waals surface area contributed by atoms with E-state index in [4.69, 9.17) is 14.7 Å². The van der Waals surface area contributed by atoms with Gasteiger partial charge in [-0.25, -0.2) is 4.98 Å². The molecule has 0 spiro atoms. The Labute approximate surface area is 246 Å². The average molecular weight is 575 g/mol. The van der Waals surface area contributed by atoms with E-state index < -0.39 is 10.8 Å². The first kappa shape index (κ1) is 28.1. The van der Waals surface area contributed by atoms with Crippen LogP contribution in [0, 0.1) is 11.8 Å². The van der Waals surface area contributed by atoms with Crippen LogP contribution >= 0.6 is 0 Å². The summed E-state index contributed by atoms with van der Waals surface area (Å²) in [4.78, 5) is 17.2. The lowest BCUT2D eigenvalue weighted by atomic mass is 9.79. The number of rotatable bonds is 8. The van der Waals surface area contributed by atoms with E-state index in [0.29, 0.717) is 23.6 Å². The fraction of sp³-hybridized carbons (Fsp3) is 0.531. The maximum absolute atomic E-state index is 12.8. The quantitative estimate of drug-likeness (QED) is 0.461. The molecule has 2 N–H and O–H groups in total. The third-order valence-electron chi connectivity index (χ3n) is 9.01. The van der Waals surface area contributed by atoms with E-state index >= 15 is 0 Å². The number of nitrogens with one attached hydrogen (secondary N) is 2. The summed E-state index contributed by atoms with van der Waals surface area (Å²) in [5.74, 6) is 3.39. The summed E-state index contributed by atoms with van der Waals surface area (Å²) in [6.07, 6.45) is 16.6. The van der Waals surface area contributed by atoms with Gasteiger partial charge in [0.1, 0.15) is 10.7 Å². The smallest absolute Gasteiger partial charge is 0.227 e. The van der Waals surface area contributed by atoms with E-state index in [1.54, 1.807) is 0 Å². The first-order chi connectivity index (χ1) is 19.9. The highest BCUT2D eigenvalue weighted by atomic mass is 32.2. The number of allylic oxidation sites excluding steroid dienone is 3. The predicted octanol–water partition coefficient (Wildman–Crippen LogP) is 4.88. The van der Waals surface area contributed by atoms with Crippen molar-refractivity contribution < 1.29 is 8.95 Å². The molecule has 218 valence electrons. The van der Waals surface area contributed by atoms with Crippen molar-refractivity contribution in [1.82, 2.24) is 20.3 Å². The monoisotopic (exact) mass is 574 g/mol. The molecule has 0 amide bonds. The number of nitrogens with zero attached hydrogens (tertiary/aromatic N) is 4. The van der Waals surface area contributed by atoms with Crippen LogP contribution in [0.4, 0.5) is 11.8 Å². The minimum Gasteiger partial charge on any atom is -0.381 e. The SMILES string of the molecule is C=C(NC(C)(C)c1ccncc1)C1=CC[C@@H](C2CCN(c3nc4c(c(NC5CCOCC5)n3)S(=O)CC4)CC2)C=C1. The number of pyridine rings is 1. The molecule has 9 heteroatoms. The Morgan fingerprint density at radius 3 is 2.59 bits per heavy atom. The molecule has 0 saturated carbocycles. The second-order valence-electron chi connectivity index (χ2n) is 12.2. The number of aryl methyl sites for hydroxylation is 1. The van der Waals surface area contributed by atoms with Crippen LogP contribution in [-0.2, 0) is 27.5 Å². The maximum Gasteiger partial charge on any atom is 0.227 e. The van der Waals surface area contributed by atoms with Crippen molar-refractivity contribution in [2.75, 3.05) is 42.3 Å². The molecule has 3 aliphatic heterocycles. The zero-order chi connectivity index (χ0) is 28.4. The minimum absolute atomic E-state index is 0.229. The summed E-state index contributed by atoms with van der Waals surface area (Å²) in [5.41, 5.74) is 4.04. The molecular weight excluding hydrogens is 532 g/mol. The van der Waals surface area contributed by atoms with Gasteiger partial charge in [0.2, 0.25) is 5.95 Å². The third-order valence-corrected chi connectivity index (χ3v) is 10.5. The Balaban J connectivity index is 1.06. The molecule has 5 heterocycles. The van der Waals surface area contributed by atoms with E-state index in [1.807, 2.05) is 24.5 Å². The zero-order valence-corrected chi connectivity index (χ0v) is 25.1. The highest BCUT2D eigenvalue weighted by Gasteiger charge is 2.31. The molecule has 8 nitrogen and oxygen atoms in total. The number of ether oxygens (including phenoxy) is 1. The fourth-order valence-electron chi connectivity index (χ4n) is 6.49. The third kappa shape index (κ3) is 6.26. The Kier molecular flexibility index (Phi) is 8.26. The van der Waals surface area contributed by atoms with E-state index in [9.17, 15) is 4.21 Å². The molecule has 2 saturated heterocycles. The molecule has 1 unspecified atom stereocenters. The van der Waals surface area contributed by atoms with Gasteiger partial charge in [-0.15, -0.1) is 0 Å². The fourth-order valence-corrected chi connectivity index (χ4v) is 7.80. The number of piperidine rings is 1. The van der Waals surface area contributed by atoms with Gasteiger partial charge in [-0.2, -0.15) is 4.98 Å². The molecule has 0 aromatic carbocycles. The molecular formula is C32H42N6O2S. The van der Waals surface area contributed by atoms with Crippen LogP contribution in [0.25, 0.3) is 0 Å². The molecule has 2 aromatic heterocycles. The predicted molar refractivity (Wildman–Crippen MR) is 164 cm³/mol. The Morgan fingerprint density at radius 1 is 1.12 bits per heavy atom. The van der Waals surface area contributed by atoms with Gasteiger partial charge in [0.05, 0.1) is 22.0 Å². The molecule has 0 bridgehead atoms. The normalized spacial score (nSPS) is 23.7. The van der Waals surface area contributed by atoms with Crippen molar-refractivity contribution >= 4 is 22.6 Å². The highest BCUT2D eigenvalue weighted by molar-refractivity contribution is 7.85. The first-order valence-corrected chi connectivity index (χ1v) is 16.3. The number of anilines is 2. The molecule has 2 fully saturated rings. The maximum atomic E-state index is 12.8. The summed E-state index contributed by atoms with van der Waals surface area (Å²) in [5, 5.41) is 7.22. The molecule has 0 radical (unpaired) electrons. The number of hydrogen-bond donors (Lipinski definition) is 2. The largest absolute Gasteiger partial charge is 0.381 e. The van der Waals surface area contributed by atoms with Gasteiger partial charge >= 0.3 is 0 Å². The van der Waals surface area contributed by atoms with Crippen LogP contribution in [0.1, 0.15) is 57.2 Å². The van der Waals surface area contributed by atoms with E-state index in [1.165, 1.54) is 11.1 Å². The molecule has 2 aromatic rings. The highest BCUT2D eigenvalue weighted by Crippen LogP contribution is 2.36. The van der Waals surface area contributed by atoms with Gasteiger partial charge in [0.25, 0.3) is 0 Å². The molecule has 4 aliphatic rings. The van der Waals surface area contributed by atoms with Gasteiger partial charge in [-0.3, -0.25) is 9.19 Å². The second kappa shape index (κ2) is 12.1. The van der Waals surface area contributed by atoms with Crippen molar-refractivity contribution in [3.05, 3.63) is 71.9 Å². The van der Waals surface area contributed by atoms with Crippen LogP contribution in [0.5, 0.6) is 0 Å². The topological polar surface area (TPSA) is 92.3 Å². The standard InChI is InChI=1S/C32H42N6O2S/c1-22(37-32(2,3)26-8-15-33-16-9-26)23-4-6-24(7-5-23)25-10-17-38(18-11-25)31-35-28-14-21-41(39)29(28)30(36-31)34-27-12-19-40-20-13-27/h4-6,8-9,15-16,24-25,27,37H,1,7,10-14,17-21H2,2-3H3,(H,34,35,36)/t24-,41?/m0/s1. The van der Waals surface area contributed by atoms with E-state index in [2.05, 4.69) is 59.2 Å². The lowest BCUT2D eigenvalue weighted by Gasteiger charge is -2.36. The van der Waals surface area contributed by atoms with Gasteiger partial charge in [0, 0.05) is 62.6 Å². The lowest BCUT2D eigenvalue weighted by Crippen LogP contribution is -2.38. The molecule has 41 heavy (non-hydrogen) atoms. The Bertz CT molecular complexity index is 1340. The Morgan fingerprint density at radius 2 is 1.88 bits per heavy atom. The summed E-state index contributed by atoms with van der Waals surface area (Å²) in [7, 11) is -1.02. The van der Waals surface area contributed by atoms with E-state index in [0.717, 1.165) is 92.9 Å². The number of aromatic nitrogens is 3. The van der Waals surface area contributed by atoms with Crippen LogP contribution < -0.4 is 15.5 Å². The van der Waals surface area contributed by atoms with Crippen LogP contribution in [0.3, 0.4) is 0 Å². The van der Waals surface area contributed by atoms with Crippen molar-refractivity contribution in [3.63, 3.8) is 0 Å². The Hall–Kier alpha value is -3.04. The first-order valence-electron chi connectivity index (χ1n) is 15.0. The van der Waals surface area contributed by atoms with Crippen LogP contribution in [0.15, 0.2) is 65.5 Å². The van der Waals surface area contributed by atoms with Gasteiger partial charge < -0.3 is 20.3 Å². The van der Waals surface area contributed by atoms with Crippen molar-refractivity contribution in [2.45, 2.75) is 68.8 Å².